The van der Waals surface area contributed by atoms with E-state index in [1.165, 1.54) is 0 Å². The second kappa shape index (κ2) is 12.9. The van der Waals surface area contributed by atoms with E-state index >= 15 is 0 Å². The Hall–Kier alpha value is -3.13. The number of anilines is 1. The molecule has 1 saturated heterocycles. The number of rotatable bonds is 12. The molecular formula is C26H34N2O6. The average Bonchev–Trinajstić information content (AvgIpc) is 2.87. The number of hydrogen-bond acceptors (Lipinski definition) is 8. The number of ether oxygens (including phenoxy) is 4. The van der Waals surface area contributed by atoms with E-state index in [0.29, 0.717) is 37.2 Å². The van der Waals surface area contributed by atoms with Crippen LogP contribution >= 0.6 is 0 Å². The fraction of sp³-hybridized carbons (Fsp3) is 0.500. The van der Waals surface area contributed by atoms with E-state index in [9.17, 15) is 9.59 Å². The second-order valence-electron chi connectivity index (χ2n) is 8.16. The number of methoxy groups -OCH3 is 1. The quantitative estimate of drug-likeness (QED) is 0.336. The van der Waals surface area contributed by atoms with Gasteiger partial charge in [-0.3, -0.25) is 9.59 Å². The van der Waals surface area contributed by atoms with Gasteiger partial charge in [-0.05, 0) is 56.4 Å². The van der Waals surface area contributed by atoms with Gasteiger partial charge in [0.2, 0.25) is 5.88 Å². The van der Waals surface area contributed by atoms with E-state index in [2.05, 4.69) is 9.88 Å². The lowest BCUT2D eigenvalue weighted by Gasteiger charge is -2.34. The molecule has 184 valence electrons. The summed E-state index contributed by atoms with van der Waals surface area (Å²) in [6.45, 7) is 6.74. The number of aldehydes is 1. The summed E-state index contributed by atoms with van der Waals surface area (Å²) in [7, 11) is 1.62. The number of nitrogens with zero attached hydrogens (tertiary/aromatic N) is 2. The number of carbonyl (C=O) groups excluding carboxylic acids is 2. The molecular weight excluding hydrogens is 436 g/mol. The number of hydrogen-bond donors (Lipinski definition) is 0. The summed E-state index contributed by atoms with van der Waals surface area (Å²) in [6, 6.07) is 9.19. The number of benzene rings is 1. The van der Waals surface area contributed by atoms with Gasteiger partial charge in [0.1, 0.15) is 5.75 Å². The molecule has 8 nitrogen and oxygen atoms in total. The fourth-order valence-electron chi connectivity index (χ4n) is 4.12. The topological polar surface area (TPSA) is 87.2 Å². The Morgan fingerprint density at radius 1 is 1.18 bits per heavy atom. The molecule has 0 N–H and O–H groups in total. The summed E-state index contributed by atoms with van der Waals surface area (Å²) >= 11 is 0. The van der Waals surface area contributed by atoms with Gasteiger partial charge < -0.3 is 23.8 Å². The molecule has 0 bridgehead atoms. The van der Waals surface area contributed by atoms with Gasteiger partial charge in [-0.15, -0.1) is 0 Å². The van der Waals surface area contributed by atoms with Crippen molar-refractivity contribution in [1.82, 2.24) is 4.98 Å². The number of pyridine rings is 1. The van der Waals surface area contributed by atoms with Crippen LogP contribution < -0.4 is 14.4 Å². The third kappa shape index (κ3) is 6.93. The lowest BCUT2D eigenvalue weighted by Crippen LogP contribution is -2.36. The smallest absolute Gasteiger partial charge is 0.308 e. The highest BCUT2D eigenvalue weighted by Gasteiger charge is 2.23. The largest absolute Gasteiger partial charge is 0.497 e. The van der Waals surface area contributed by atoms with Gasteiger partial charge in [-0.2, -0.15) is 0 Å². The van der Waals surface area contributed by atoms with Gasteiger partial charge >= 0.3 is 5.97 Å². The van der Waals surface area contributed by atoms with Crippen LogP contribution in [0.25, 0.3) is 0 Å². The van der Waals surface area contributed by atoms with Gasteiger partial charge in [0.15, 0.2) is 6.29 Å². The van der Waals surface area contributed by atoms with Gasteiger partial charge in [-0.1, -0.05) is 0 Å². The molecule has 1 aromatic carbocycles. The van der Waals surface area contributed by atoms with Crippen LogP contribution in [-0.2, 0) is 14.3 Å². The van der Waals surface area contributed by atoms with E-state index in [1.54, 1.807) is 32.4 Å². The van der Waals surface area contributed by atoms with Crippen molar-refractivity contribution in [3.05, 3.63) is 47.7 Å². The van der Waals surface area contributed by atoms with E-state index in [-0.39, 0.29) is 12.4 Å². The Morgan fingerprint density at radius 2 is 1.97 bits per heavy atom. The number of carbonyl (C=O) groups is 2. The fourth-order valence-corrected chi connectivity index (χ4v) is 4.12. The molecule has 0 saturated carbocycles. The Kier molecular flexibility index (Phi) is 9.70. The molecule has 2 aromatic rings. The van der Waals surface area contributed by atoms with Crippen LogP contribution in [-0.4, -0.2) is 57.3 Å². The van der Waals surface area contributed by atoms with E-state index in [0.717, 1.165) is 49.2 Å². The molecule has 1 atom stereocenters. The molecule has 34 heavy (non-hydrogen) atoms. The normalized spacial score (nSPS) is 15.0. The van der Waals surface area contributed by atoms with Crippen molar-refractivity contribution in [2.24, 2.45) is 5.92 Å². The molecule has 0 amide bonds. The van der Waals surface area contributed by atoms with Crippen LogP contribution in [0.4, 0.5) is 5.69 Å². The maximum absolute atomic E-state index is 11.9. The first-order valence-corrected chi connectivity index (χ1v) is 11.8. The standard InChI is InChI=1S/C26H34N2O6/c1-4-32-24(16-26(30)33-5-2)20-8-11-27-25(14-20)34-18-19-9-12-28(13-10-19)23-15-22(31-3)7-6-21(23)17-29/h6-8,11,14-15,17,19,24H,4-5,9-10,12-13,16,18H2,1-3H3. The maximum atomic E-state index is 11.9. The Morgan fingerprint density at radius 3 is 2.65 bits per heavy atom. The Bertz CT molecular complexity index is 943. The van der Waals surface area contributed by atoms with Crippen molar-refractivity contribution in [3.63, 3.8) is 0 Å². The molecule has 8 heteroatoms. The lowest BCUT2D eigenvalue weighted by molar-refractivity contribution is -0.146. The molecule has 1 aromatic heterocycles. The van der Waals surface area contributed by atoms with Crippen molar-refractivity contribution in [3.8, 4) is 11.6 Å². The summed E-state index contributed by atoms with van der Waals surface area (Å²) in [5, 5.41) is 0. The minimum atomic E-state index is -0.396. The van der Waals surface area contributed by atoms with Crippen molar-refractivity contribution in [2.45, 2.75) is 39.2 Å². The summed E-state index contributed by atoms with van der Waals surface area (Å²) in [5.74, 6) is 1.35. The summed E-state index contributed by atoms with van der Waals surface area (Å²) in [5.41, 5.74) is 2.42. The summed E-state index contributed by atoms with van der Waals surface area (Å²) in [4.78, 5) is 30.0. The molecule has 1 fully saturated rings. The van der Waals surface area contributed by atoms with Crippen LogP contribution in [0.15, 0.2) is 36.5 Å². The monoisotopic (exact) mass is 470 g/mol. The minimum Gasteiger partial charge on any atom is -0.497 e. The van der Waals surface area contributed by atoms with Crippen LogP contribution in [0.3, 0.4) is 0 Å². The summed E-state index contributed by atoms with van der Waals surface area (Å²) < 4.78 is 22.2. The van der Waals surface area contributed by atoms with E-state index in [4.69, 9.17) is 18.9 Å². The minimum absolute atomic E-state index is 0.149. The van der Waals surface area contributed by atoms with Gasteiger partial charge in [-0.25, -0.2) is 4.98 Å². The first-order chi connectivity index (χ1) is 16.6. The lowest BCUT2D eigenvalue weighted by atomic mass is 9.96. The Balaban J connectivity index is 1.56. The zero-order valence-corrected chi connectivity index (χ0v) is 20.2. The third-order valence-electron chi connectivity index (χ3n) is 5.94. The molecule has 1 aliphatic rings. The van der Waals surface area contributed by atoms with Crippen LogP contribution in [0.5, 0.6) is 11.6 Å². The third-order valence-corrected chi connectivity index (χ3v) is 5.94. The molecule has 1 unspecified atom stereocenters. The second-order valence-corrected chi connectivity index (χ2v) is 8.16. The number of aromatic nitrogens is 1. The summed E-state index contributed by atoms with van der Waals surface area (Å²) in [6.07, 6.45) is 4.21. The molecule has 2 heterocycles. The predicted molar refractivity (Wildman–Crippen MR) is 129 cm³/mol. The van der Waals surface area contributed by atoms with Crippen molar-refractivity contribution in [1.29, 1.82) is 0 Å². The highest BCUT2D eigenvalue weighted by Crippen LogP contribution is 2.30. The van der Waals surface area contributed by atoms with Gasteiger partial charge in [0, 0.05) is 43.6 Å². The van der Waals surface area contributed by atoms with Crippen molar-refractivity contribution in [2.75, 3.05) is 44.9 Å². The first-order valence-electron chi connectivity index (χ1n) is 11.8. The number of esters is 1. The zero-order valence-electron chi connectivity index (χ0n) is 20.2. The molecule has 0 aliphatic carbocycles. The highest BCUT2D eigenvalue weighted by molar-refractivity contribution is 5.85. The SMILES string of the molecule is CCOC(=O)CC(OCC)c1ccnc(OCC2CCN(c3cc(OC)ccc3C=O)CC2)c1. The molecule has 1 aliphatic heterocycles. The van der Waals surface area contributed by atoms with E-state index in [1.807, 2.05) is 25.1 Å². The molecule has 0 radical (unpaired) electrons. The van der Waals surface area contributed by atoms with Gasteiger partial charge in [0.05, 0.1) is 38.5 Å². The zero-order chi connectivity index (χ0) is 24.3. The Labute approximate surface area is 201 Å². The molecule has 0 spiro atoms. The van der Waals surface area contributed by atoms with Crippen LogP contribution in [0.2, 0.25) is 0 Å². The van der Waals surface area contributed by atoms with Crippen LogP contribution in [0, 0.1) is 5.92 Å². The highest BCUT2D eigenvalue weighted by atomic mass is 16.5. The predicted octanol–water partition coefficient (Wildman–Crippen LogP) is 4.23. The van der Waals surface area contributed by atoms with Crippen molar-refractivity contribution < 1.29 is 28.5 Å². The molecule has 3 rings (SSSR count). The van der Waals surface area contributed by atoms with Crippen molar-refractivity contribution >= 4 is 17.9 Å². The van der Waals surface area contributed by atoms with Crippen LogP contribution in [0.1, 0.15) is 55.1 Å². The first kappa shape index (κ1) is 25.5. The van der Waals surface area contributed by atoms with E-state index < -0.39 is 6.10 Å². The number of piperidine rings is 1. The van der Waals surface area contributed by atoms with Gasteiger partial charge in [0.25, 0.3) is 0 Å². The average molecular weight is 471 g/mol. The maximum Gasteiger partial charge on any atom is 0.308 e.